The topological polar surface area (TPSA) is 176 Å². The van der Waals surface area contributed by atoms with Crippen molar-refractivity contribution in [1.29, 1.82) is 0 Å². The Morgan fingerprint density at radius 3 is 1.53 bits per heavy atom. The monoisotopic (exact) mass is 1070 g/mol. The van der Waals surface area contributed by atoms with E-state index in [4.69, 9.17) is 28.4 Å². The minimum atomic E-state index is -1.31. The number of unbranched alkanes of at least 4 members (excludes halogenated alkanes) is 20. The van der Waals surface area contributed by atoms with Crippen LogP contribution in [-0.2, 0) is 47.6 Å². The van der Waals surface area contributed by atoms with Gasteiger partial charge in [0.05, 0.1) is 25.4 Å². The molecule has 0 radical (unpaired) electrons. The zero-order chi connectivity index (χ0) is 55.3. The number of carbonyl (C=O) groups is 4. The number of hydrogen-bond acceptors (Lipinski definition) is 12. The Bertz CT molecular complexity index is 1620. The van der Waals surface area contributed by atoms with E-state index in [0.29, 0.717) is 12.8 Å². The van der Waals surface area contributed by atoms with Crippen molar-refractivity contribution in [2.75, 3.05) is 19.8 Å². The van der Waals surface area contributed by atoms with E-state index in [9.17, 15) is 29.4 Å². The number of carbonyl (C=O) groups excluding carboxylic acids is 4. The third-order valence-electron chi connectivity index (χ3n) is 16.0. The van der Waals surface area contributed by atoms with Gasteiger partial charge in [0, 0.05) is 20.8 Å². The molecule has 0 aromatic rings. The molecule has 440 valence electrons. The van der Waals surface area contributed by atoms with Gasteiger partial charge in [-0.15, -0.1) is 0 Å². The van der Waals surface area contributed by atoms with Crippen LogP contribution in [0.5, 0.6) is 0 Å². The Balaban J connectivity index is 1.54. The molecule has 76 heavy (non-hydrogen) atoms. The van der Waals surface area contributed by atoms with E-state index >= 15 is 0 Å². The summed E-state index contributed by atoms with van der Waals surface area (Å²) in [6.45, 7) is 11.5. The average Bonchev–Trinajstić information content (AvgIpc) is 4.31. The van der Waals surface area contributed by atoms with Crippen LogP contribution in [0.2, 0.25) is 0 Å². The number of rotatable bonds is 47. The van der Waals surface area contributed by atoms with Crippen molar-refractivity contribution < 1.29 is 57.8 Å². The molecule has 3 aliphatic rings. The fourth-order valence-corrected chi connectivity index (χ4v) is 11.1. The second-order valence-electron chi connectivity index (χ2n) is 23.3. The van der Waals surface area contributed by atoms with Crippen molar-refractivity contribution in [2.24, 2.45) is 23.7 Å². The van der Waals surface area contributed by atoms with Crippen molar-refractivity contribution in [3.63, 3.8) is 0 Å². The van der Waals surface area contributed by atoms with Gasteiger partial charge in [-0.05, 0) is 82.5 Å². The standard InChI is InChI=1S/C63H111NO12/c1-8-10-12-14-16-18-23-29-35-51-43-53(51)37-31-25-20-21-27-34-40-57(69)62(70)64-55(56(68)39-33-28-22-26-32-38-54-44-52(54)36-30-24-19-17-15-13-11-9-2)45-73-63-61(71-42-41-47(3)4)60(75-50(7)67)59(74-49(6)66)58(76-63)46-72-48(5)65/h21,27,41,51-61,63,68-69H,8-20,22-26,28-40,42-46H2,1-7H3,(H,64,70)/b27-21-/t51-,52-,53+,54+,55+,56-,57-,58-,59-,60+,61-,63-/m1/s1. The van der Waals surface area contributed by atoms with E-state index in [1.807, 2.05) is 26.0 Å². The first-order valence-electron chi connectivity index (χ1n) is 31.0. The molecule has 3 fully saturated rings. The lowest BCUT2D eigenvalue weighted by molar-refractivity contribution is -0.313. The fourth-order valence-electron chi connectivity index (χ4n) is 11.1. The van der Waals surface area contributed by atoms with Crippen LogP contribution < -0.4 is 5.32 Å². The zero-order valence-corrected chi connectivity index (χ0v) is 49.1. The summed E-state index contributed by atoms with van der Waals surface area (Å²) in [4.78, 5) is 50.5. The van der Waals surface area contributed by atoms with Crippen LogP contribution in [0.4, 0.5) is 0 Å². The Morgan fingerprint density at radius 2 is 1.03 bits per heavy atom. The minimum Gasteiger partial charge on any atom is -0.463 e. The Hall–Kier alpha value is -2.84. The van der Waals surface area contributed by atoms with Gasteiger partial charge in [0.2, 0.25) is 5.91 Å². The van der Waals surface area contributed by atoms with Gasteiger partial charge < -0.3 is 44.0 Å². The quantitative estimate of drug-likeness (QED) is 0.0228. The number of ether oxygens (including phenoxy) is 6. The van der Waals surface area contributed by atoms with E-state index in [-0.39, 0.29) is 26.2 Å². The highest BCUT2D eigenvalue weighted by Gasteiger charge is 2.52. The molecule has 2 saturated carbocycles. The first kappa shape index (κ1) is 67.4. The van der Waals surface area contributed by atoms with E-state index in [1.165, 1.54) is 175 Å². The molecule has 0 unspecified atom stereocenters. The van der Waals surface area contributed by atoms with Crippen molar-refractivity contribution in [1.82, 2.24) is 5.32 Å². The number of nitrogens with one attached hydrogen (secondary N) is 1. The normalized spacial score (nSPS) is 24.1. The first-order valence-corrected chi connectivity index (χ1v) is 31.0. The maximum Gasteiger partial charge on any atom is 0.303 e. The summed E-state index contributed by atoms with van der Waals surface area (Å²) in [6, 6.07) is -0.954. The highest BCUT2D eigenvalue weighted by molar-refractivity contribution is 5.80. The average molecular weight is 1070 g/mol. The largest absolute Gasteiger partial charge is 0.463 e. The van der Waals surface area contributed by atoms with Crippen LogP contribution in [0.15, 0.2) is 23.8 Å². The van der Waals surface area contributed by atoms with Crippen molar-refractivity contribution in [3.05, 3.63) is 23.8 Å². The van der Waals surface area contributed by atoms with Crippen molar-refractivity contribution >= 4 is 23.8 Å². The summed E-state index contributed by atoms with van der Waals surface area (Å²) in [5.74, 6) is 1.11. The maximum absolute atomic E-state index is 13.6. The van der Waals surface area contributed by atoms with E-state index < -0.39 is 72.8 Å². The van der Waals surface area contributed by atoms with E-state index in [0.717, 1.165) is 67.8 Å². The lowest BCUT2D eigenvalue weighted by atomic mass is 9.98. The summed E-state index contributed by atoms with van der Waals surface area (Å²) in [5, 5.41) is 25.7. The molecule has 1 saturated heterocycles. The Kier molecular flexibility index (Phi) is 36.6. The van der Waals surface area contributed by atoms with Crippen LogP contribution in [0.3, 0.4) is 0 Å². The third kappa shape index (κ3) is 31.1. The SMILES string of the molecule is CCCCCCCCCC[C@@H]1C[C@@H]1CCCC/C=C\CC[C@@H](O)C(=O)N[C@@H](CO[C@@H]1O[C@H](COC(C)=O)[C@@H](OC(C)=O)[C@H](OC(C)=O)[C@H]1OCC=C(C)C)[C@H](O)CCCCCCC[C@H]1C[C@H]1CCCCCCCCCC. The molecule has 13 nitrogen and oxygen atoms in total. The molecule has 0 aromatic carbocycles. The number of aliphatic hydroxyl groups is 2. The predicted octanol–water partition coefficient (Wildman–Crippen LogP) is 13.7. The molecule has 1 amide bonds. The lowest BCUT2D eigenvalue weighted by Gasteiger charge is -2.44. The van der Waals surface area contributed by atoms with Crippen LogP contribution >= 0.6 is 0 Å². The van der Waals surface area contributed by atoms with Crippen LogP contribution in [0.1, 0.15) is 260 Å². The third-order valence-corrected chi connectivity index (χ3v) is 16.0. The smallest absolute Gasteiger partial charge is 0.303 e. The first-order chi connectivity index (χ1) is 36.7. The molecule has 13 heteroatoms. The lowest BCUT2D eigenvalue weighted by Crippen LogP contribution is -2.63. The van der Waals surface area contributed by atoms with E-state index in [2.05, 4.69) is 25.2 Å². The Morgan fingerprint density at radius 1 is 0.553 bits per heavy atom. The number of esters is 3. The van der Waals surface area contributed by atoms with Gasteiger partial charge in [-0.1, -0.05) is 205 Å². The van der Waals surface area contributed by atoms with Gasteiger partial charge in [-0.3, -0.25) is 19.2 Å². The highest BCUT2D eigenvalue weighted by Crippen LogP contribution is 2.46. The second-order valence-corrected chi connectivity index (χ2v) is 23.3. The second kappa shape index (κ2) is 41.2. The molecule has 12 atom stereocenters. The summed E-state index contributed by atoms with van der Waals surface area (Å²) >= 11 is 0. The highest BCUT2D eigenvalue weighted by atomic mass is 16.7. The molecule has 0 aromatic heterocycles. The van der Waals surface area contributed by atoms with Crippen LogP contribution in [0, 0.1) is 23.7 Å². The number of hydrogen-bond donors (Lipinski definition) is 3. The predicted molar refractivity (Wildman–Crippen MR) is 302 cm³/mol. The van der Waals surface area contributed by atoms with Gasteiger partial charge in [-0.2, -0.15) is 0 Å². The zero-order valence-electron chi connectivity index (χ0n) is 49.1. The summed E-state index contributed by atoms with van der Waals surface area (Å²) in [7, 11) is 0. The summed E-state index contributed by atoms with van der Waals surface area (Å²) in [6.07, 6.45) is 37.5. The van der Waals surface area contributed by atoms with E-state index in [1.54, 1.807) is 0 Å². The number of allylic oxidation sites excluding steroid dienone is 3. The fraction of sp³-hybridized carbons (Fsp3) is 0.873. The summed E-state index contributed by atoms with van der Waals surface area (Å²) in [5.41, 5.74) is 0.963. The molecule has 1 heterocycles. The van der Waals surface area contributed by atoms with Gasteiger partial charge in [-0.25, -0.2) is 0 Å². The molecular formula is C63H111NO12. The number of aliphatic hydroxyl groups excluding tert-OH is 2. The van der Waals surface area contributed by atoms with Crippen LogP contribution in [0.25, 0.3) is 0 Å². The minimum absolute atomic E-state index is 0.0691. The molecular weight excluding hydrogens is 963 g/mol. The molecule has 0 spiro atoms. The molecule has 1 aliphatic heterocycles. The number of amides is 1. The van der Waals surface area contributed by atoms with Crippen LogP contribution in [-0.4, -0.2) is 103 Å². The molecule has 3 N–H and O–H groups in total. The Labute approximate surface area is 461 Å². The molecule has 2 aliphatic carbocycles. The van der Waals surface area contributed by atoms with Gasteiger partial charge in [0.25, 0.3) is 0 Å². The van der Waals surface area contributed by atoms with Gasteiger partial charge >= 0.3 is 17.9 Å². The molecule has 3 rings (SSSR count). The molecule has 0 bridgehead atoms. The van der Waals surface area contributed by atoms with Crippen molar-refractivity contribution in [3.8, 4) is 0 Å². The van der Waals surface area contributed by atoms with Gasteiger partial charge in [0.15, 0.2) is 18.5 Å². The van der Waals surface area contributed by atoms with Crippen molar-refractivity contribution in [2.45, 2.75) is 309 Å². The summed E-state index contributed by atoms with van der Waals surface area (Å²) < 4.78 is 35.6. The van der Waals surface area contributed by atoms with Gasteiger partial charge in [0.1, 0.15) is 24.9 Å². The maximum atomic E-state index is 13.6.